The Morgan fingerprint density at radius 3 is 1.67 bits per heavy atom. The van der Waals surface area contributed by atoms with E-state index in [1.807, 2.05) is 41.7 Å². The zero-order valence-corrected chi connectivity index (χ0v) is 28.8. The molecule has 0 amide bonds. The van der Waals surface area contributed by atoms with Gasteiger partial charge in [0.05, 0.1) is 33.5 Å². The summed E-state index contributed by atoms with van der Waals surface area (Å²) in [6.45, 7) is 0. The third kappa shape index (κ3) is 4.45. The molecule has 0 aliphatic carbocycles. The first-order chi connectivity index (χ1) is 25.8. The molecule has 0 aliphatic rings. The lowest BCUT2D eigenvalue weighted by atomic mass is 9.94. The summed E-state index contributed by atoms with van der Waals surface area (Å²) in [4.78, 5) is 10.3. The largest absolute Gasteiger partial charge is 0.309 e. The maximum absolute atomic E-state index is 5.18. The van der Waals surface area contributed by atoms with Gasteiger partial charge in [-0.05, 0) is 70.4 Å². The predicted molar refractivity (Wildman–Crippen MR) is 221 cm³/mol. The zero-order chi connectivity index (χ0) is 34.2. The topological polar surface area (TPSA) is 30.7 Å². The first-order valence-corrected chi connectivity index (χ1v) is 18.4. The van der Waals surface area contributed by atoms with Crippen molar-refractivity contribution in [3.63, 3.8) is 0 Å². The van der Waals surface area contributed by atoms with E-state index in [0.717, 1.165) is 39.2 Å². The van der Waals surface area contributed by atoms with Gasteiger partial charge in [0, 0.05) is 47.8 Å². The molecule has 3 heterocycles. The quantitative estimate of drug-likeness (QED) is 0.185. The molecule has 0 bridgehead atoms. The van der Waals surface area contributed by atoms with Crippen LogP contribution in [0.25, 0.3) is 103 Å². The van der Waals surface area contributed by atoms with Crippen molar-refractivity contribution in [1.29, 1.82) is 0 Å². The Bertz CT molecular complexity index is 3160. The van der Waals surface area contributed by atoms with Crippen molar-refractivity contribution in [2.45, 2.75) is 0 Å². The molecule has 3 aromatic heterocycles. The van der Waals surface area contributed by atoms with Crippen LogP contribution in [0.4, 0.5) is 0 Å². The molecule has 3 nitrogen and oxygen atoms in total. The third-order valence-corrected chi connectivity index (χ3v) is 11.5. The molecule has 11 aromatic rings. The minimum absolute atomic E-state index is 0.878. The molecular weight excluding hydrogens is 651 g/mol. The Kier molecular flexibility index (Phi) is 6.42. The Labute approximate surface area is 303 Å². The molecule has 0 aliphatic heterocycles. The molecule has 0 radical (unpaired) electrons. The lowest BCUT2D eigenvalue weighted by Gasteiger charge is -2.14. The summed E-state index contributed by atoms with van der Waals surface area (Å²) in [6.07, 6.45) is 0. The van der Waals surface area contributed by atoms with Crippen molar-refractivity contribution >= 4 is 75.1 Å². The van der Waals surface area contributed by atoms with Crippen LogP contribution in [0.5, 0.6) is 0 Å². The fourth-order valence-corrected chi connectivity index (χ4v) is 9.12. The SMILES string of the molecule is c1ccc(-c2nc3ccccc3nc2-c2ccc(-n3c4cc5sc6ccccc6c5cc4c4c5ccccc5c(-c5ccccc5)cc43)cc2)cc1. The number of thiophene rings is 1. The molecule has 0 spiro atoms. The number of aromatic nitrogens is 3. The molecule has 8 aromatic carbocycles. The Morgan fingerprint density at radius 2 is 0.962 bits per heavy atom. The predicted octanol–water partition coefficient (Wildman–Crippen LogP) is 13.2. The summed E-state index contributed by atoms with van der Waals surface area (Å²) in [6, 6.07) is 63.0. The fraction of sp³-hybridized carbons (Fsp3) is 0. The summed E-state index contributed by atoms with van der Waals surface area (Å²) in [5, 5.41) is 7.68. The van der Waals surface area contributed by atoms with E-state index in [-0.39, 0.29) is 0 Å². The average molecular weight is 680 g/mol. The molecule has 0 fully saturated rings. The van der Waals surface area contributed by atoms with Crippen LogP contribution in [0.2, 0.25) is 0 Å². The molecule has 4 heteroatoms. The van der Waals surface area contributed by atoms with Gasteiger partial charge in [-0.15, -0.1) is 11.3 Å². The van der Waals surface area contributed by atoms with Gasteiger partial charge in [0.15, 0.2) is 0 Å². The van der Waals surface area contributed by atoms with Crippen LogP contribution in [0.3, 0.4) is 0 Å². The second kappa shape index (κ2) is 11.5. The van der Waals surface area contributed by atoms with Crippen LogP contribution in [-0.2, 0) is 0 Å². The van der Waals surface area contributed by atoms with E-state index in [1.165, 1.54) is 63.9 Å². The van der Waals surface area contributed by atoms with Crippen molar-refractivity contribution in [2.24, 2.45) is 0 Å². The number of hydrogen-bond donors (Lipinski definition) is 0. The van der Waals surface area contributed by atoms with Crippen LogP contribution in [0.1, 0.15) is 0 Å². The van der Waals surface area contributed by atoms with Gasteiger partial charge in [0.1, 0.15) is 0 Å². The summed E-state index contributed by atoms with van der Waals surface area (Å²) >= 11 is 1.87. The highest BCUT2D eigenvalue weighted by Crippen LogP contribution is 2.45. The molecule has 242 valence electrons. The van der Waals surface area contributed by atoms with E-state index >= 15 is 0 Å². The highest BCUT2D eigenvalue weighted by molar-refractivity contribution is 7.25. The number of nitrogens with zero attached hydrogens (tertiary/aromatic N) is 3. The van der Waals surface area contributed by atoms with Gasteiger partial charge >= 0.3 is 0 Å². The normalized spacial score (nSPS) is 11.8. The third-order valence-electron chi connectivity index (χ3n) is 10.4. The van der Waals surface area contributed by atoms with E-state index in [1.54, 1.807) is 0 Å². The summed E-state index contributed by atoms with van der Waals surface area (Å²) in [7, 11) is 0. The minimum Gasteiger partial charge on any atom is -0.309 e. The number of benzene rings is 8. The van der Waals surface area contributed by atoms with E-state index in [9.17, 15) is 0 Å². The monoisotopic (exact) mass is 679 g/mol. The van der Waals surface area contributed by atoms with E-state index < -0.39 is 0 Å². The Balaban J connectivity index is 1.20. The molecule has 0 unspecified atom stereocenters. The molecule has 0 N–H and O–H groups in total. The number of hydrogen-bond acceptors (Lipinski definition) is 3. The number of para-hydroxylation sites is 2. The van der Waals surface area contributed by atoms with Crippen molar-refractivity contribution in [3.8, 4) is 39.3 Å². The van der Waals surface area contributed by atoms with Gasteiger partial charge in [-0.2, -0.15) is 0 Å². The van der Waals surface area contributed by atoms with Gasteiger partial charge in [-0.1, -0.05) is 127 Å². The maximum Gasteiger partial charge on any atom is 0.0973 e. The molecule has 0 saturated carbocycles. The average Bonchev–Trinajstić information content (AvgIpc) is 3.74. The fourth-order valence-electron chi connectivity index (χ4n) is 8.00. The summed E-state index contributed by atoms with van der Waals surface area (Å²) in [5.74, 6) is 0. The van der Waals surface area contributed by atoms with Gasteiger partial charge in [0.25, 0.3) is 0 Å². The standard InChI is InChI=1S/C48H29N3S/c1-3-13-30(14-4-1)37-28-43-46(36-19-8-7-17-34(36)37)39-27-38-35-18-9-12-22-44(35)52-45(38)29-42(39)51(43)33-25-23-32(24-26-33)48-47(31-15-5-2-6-16-31)49-40-20-10-11-21-41(40)50-48/h1-29H. The van der Waals surface area contributed by atoms with Gasteiger partial charge < -0.3 is 4.57 Å². The summed E-state index contributed by atoms with van der Waals surface area (Å²) < 4.78 is 5.06. The lowest BCUT2D eigenvalue weighted by Crippen LogP contribution is -1.97. The second-order valence-electron chi connectivity index (χ2n) is 13.4. The van der Waals surface area contributed by atoms with Crippen molar-refractivity contribution in [3.05, 3.63) is 176 Å². The first-order valence-electron chi connectivity index (χ1n) is 17.6. The van der Waals surface area contributed by atoms with Gasteiger partial charge in [-0.3, -0.25) is 0 Å². The molecular formula is C48H29N3S. The van der Waals surface area contributed by atoms with Gasteiger partial charge in [-0.25, -0.2) is 9.97 Å². The van der Waals surface area contributed by atoms with Crippen molar-refractivity contribution in [1.82, 2.24) is 14.5 Å². The Morgan fingerprint density at radius 1 is 0.385 bits per heavy atom. The minimum atomic E-state index is 0.878. The summed E-state index contributed by atoms with van der Waals surface area (Å²) in [5.41, 5.74) is 11.6. The van der Waals surface area contributed by atoms with Crippen LogP contribution in [0, 0.1) is 0 Å². The van der Waals surface area contributed by atoms with E-state index in [0.29, 0.717) is 0 Å². The van der Waals surface area contributed by atoms with Crippen LogP contribution < -0.4 is 0 Å². The first kappa shape index (κ1) is 29.1. The van der Waals surface area contributed by atoms with Crippen LogP contribution in [-0.4, -0.2) is 14.5 Å². The van der Waals surface area contributed by atoms with Crippen molar-refractivity contribution in [2.75, 3.05) is 0 Å². The van der Waals surface area contributed by atoms with Crippen molar-refractivity contribution < 1.29 is 0 Å². The van der Waals surface area contributed by atoms with E-state index in [4.69, 9.17) is 9.97 Å². The zero-order valence-electron chi connectivity index (χ0n) is 28.0. The molecule has 11 rings (SSSR count). The highest BCUT2D eigenvalue weighted by Gasteiger charge is 2.20. The lowest BCUT2D eigenvalue weighted by molar-refractivity contribution is 1.18. The maximum atomic E-state index is 5.18. The molecule has 52 heavy (non-hydrogen) atoms. The van der Waals surface area contributed by atoms with E-state index in [2.05, 4.69) is 150 Å². The van der Waals surface area contributed by atoms with Crippen LogP contribution in [0.15, 0.2) is 176 Å². The van der Waals surface area contributed by atoms with Gasteiger partial charge in [0.2, 0.25) is 0 Å². The molecule has 0 atom stereocenters. The second-order valence-corrected chi connectivity index (χ2v) is 14.4. The number of fused-ring (bicyclic) bond motifs is 9. The smallest absolute Gasteiger partial charge is 0.0973 e. The van der Waals surface area contributed by atoms with Crippen LogP contribution >= 0.6 is 11.3 Å². The highest BCUT2D eigenvalue weighted by atomic mass is 32.1. The number of rotatable bonds is 4. The molecule has 0 saturated heterocycles. The Hall–Kier alpha value is -6.62.